The monoisotopic (exact) mass is 398 g/mol. The van der Waals surface area contributed by atoms with Crippen LogP contribution in [0.2, 0.25) is 0 Å². The quantitative estimate of drug-likeness (QED) is 0.295. The van der Waals surface area contributed by atoms with Crippen molar-refractivity contribution >= 4 is 28.8 Å². The van der Waals surface area contributed by atoms with Crippen LogP contribution in [0, 0.1) is 29.1 Å². The van der Waals surface area contributed by atoms with Crippen LogP contribution < -0.4 is 10.6 Å². The lowest BCUT2D eigenvalue weighted by Gasteiger charge is -2.09. The second-order valence-corrected chi connectivity index (χ2v) is 5.80. The van der Waals surface area contributed by atoms with Crippen LogP contribution in [0.3, 0.4) is 0 Å². The van der Waals surface area contributed by atoms with Crippen molar-refractivity contribution in [3.05, 3.63) is 77.2 Å². The molecular formula is C17H11F5N4S. The molecule has 0 aliphatic rings. The van der Waals surface area contributed by atoms with E-state index in [0.29, 0.717) is 0 Å². The van der Waals surface area contributed by atoms with Crippen molar-refractivity contribution in [1.82, 2.24) is 9.78 Å². The summed E-state index contributed by atoms with van der Waals surface area (Å²) in [7, 11) is 0. The lowest BCUT2D eigenvalue weighted by Crippen LogP contribution is -2.19. The highest BCUT2D eigenvalue weighted by Crippen LogP contribution is 2.23. The molecule has 0 bridgehead atoms. The van der Waals surface area contributed by atoms with Crippen molar-refractivity contribution < 1.29 is 22.0 Å². The van der Waals surface area contributed by atoms with Gasteiger partial charge in [0.05, 0.1) is 12.1 Å². The molecule has 0 saturated carbocycles. The van der Waals surface area contributed by atoms with Crippen LogP contribution in [-0.4, -0.2) is 14.9 Å². The number of benzene rings is 2. The maximum absolute atomic E-state index is 13.7. The number of para-hydroxylation sites is 1. The number of aromatic nitrogens is 2. The molecule has 0 atom stereocenters. The van der Waals surface area contributed by atoms with Gasteiger partial charge >= 0.3 is 0 Å². The molecule has 0 saturated heterocycles. The smallest absolute Gasteiger partial charge is 0.200 e. The fraction of sp³-hybridized carbons (Fsp3) is 0.0588. The zero-order valence-electron chi connectivity index (χ0n) is 13.4. The molecule has 0 amide bonds. The summed E-state index contributed by atoms with van der Waals surface area (Å²) in [4.78, 5) is 0. The first-order valence-corrected chi connectivity index (χ1v) is 7.94. The summed E-state index contributed by atoms with van der Waals surface area (Å²) in [5.41, 5.74) is -0.248. The summed E-state index contributed by atoms with van der Waals surface area (Å²) in [5.74, 6) is -9.75. The number of thiocarbonyl (C=S) groups is 1. The largest absolute Gasteiger partial charge is 0.332 e. The maximum atomic E-state index is 13.7. The van der Waals surface area contributed by atoms with Crippen molar-refractivity contribution in [3.8, 4) is 0 Å². The van der Waals surface area contributed by atoms with E-state index < -0.39 is 41.2 Å². The first-order chi connectivity index (χ1) is 12.9. The van der Waals surface area contributed by atoms with Gasteiger partial charge in [0, 0.05) is 18.0 Å². The van der Waals surface area contributed by atoms with E-state index in [-0.39, 0.29) is 10.9 Å². The van der Waals surface area contributed by atoms with Gasteiger partial charge in [-0.3, -0.25) is 4.68 Å². The van der Waals surface area contributed by atoms with Crippen molar-refractivity contribution in [2.24, 2.45) is 0 Å². The molecule has 0 radical (unpaired) electrons. The van der Waals surface area contributed by atoms with E-state index in [9.17, 15) is 22.0 Å². The van der Waals surface area contributed by atoms with E-state index in [1.54, 1.807) is 12.1 Å². The van der Waals surface area contributed by atoms with Gasteiger partial charge in [0.25, 0.3) is 0 Å². The number of rotatable bonds is 4. The van der Waals surface area contributed by atoms with E-state index in [4.69, 9.17) is 12.2 Å². The van der Waals surface area contributed by atoms with Crippen molar-refractivity contribution in [2.45, 2.75) is 6.54 Å². The van der Waals surface area contributed by atoms with Gasteiger partial charge in [-0.05, 0) is 24.4 Å². The Labute approximate surface area is 155 Å². The van der Waals surface area contributed by atoms with Gasteiger partial charge in [-0.15, -0.1) is 0 Å². The Kier molecular flexibility index (Phi) is 5.36. The minimum Gasteiger partial charge on any atom is -0.332 e. The van der Waals surface area contributed by atoms with Crippen LogP contribution in [0.25, 0.3) is 0 Å². The average molecular weight is 398 g/mol. The molecule has 1 aromatic heterocycles. The van der Waals surface area contributed by atoms with Gasteiger partial charge in [0.2, 0.25) is 5.82 Å². The van der Waals surface area contributed by atoms with Crippen molar-refractivity contribution in [2.75, 3.05) is 10.6 Å². The number of nitrogens with one attached hydrogen (secondary N) is 2. The van der Waals surface area contributed by atoms with Gasteiger partial charge < -0.3 is 10.6 Å². The minimum absolute atomic E-state index is 0.211. The molecule has 10 heteroatoms. The standard InChI is InChI=1S/C17H11F5N4S/c18-12-10(13(19)15(21)16(22)14(12)20)8-26-7-6-11(25-26)24-17(27)23-9-4-2-1-3-5-9/h1-7H,8H2,(H2,23,24,25,27). The van der Waals surface area contributed by atoms with E-state index in [1.165, 1.54) is 12.3 Å². The first-order valence-electron chi connectivity index (χ1n) is 7.53. The Morgan fingerprint density at radius 3 is 2.07 bits per heavy atom. The van der Waals surface area contributed by atoms with Crippen molar-refractivity contribution in [3.63, 3.8) is 0 Å². The van der Waals surface area contributed by atoms with Gasteiger partial charge in [-0.2, -0.15) is 5.10 Å². The summed E-state index contributed by atoms with van der Waals surface area (Å²) >= 11 is 5.11. The summed E-state index contributed by atoms with van der Waals surface area (Å²) in [6, 6.07) is 10.5. The summed E-state index contributed by atoms with van der Waals surface area (Å²) in [6.45, 7) is -0.646. The number of hydrogen-bond donors (Lipinski definition) is 2. The Balaban J connectivity index is 1.73. The number of halogens is 5. The highest BCUT2D eigenvalue weighted by atomic mass is 32.1. The third kappa shape index (κ3) is 4.05. The number of nitrogens with zero attached hydrogens (tertiary/aromatic N) is 2. The van der Waals surface area contributed by atoms with Crippen LogP contribution in [0.15, 0.2) is 42.6 Å². The molecular weight excluding hydrogens is 387 g/mol. The zero-order chi connectivity index (χ0) is 19.6. The molecule has 2 N–H and O–H groups in total. The predicted octanol–water partition coefficient (Wildman–Crippen LogP) is 4.44. The Morgan fingerprint density at radius 2 is 1.44 bits per heavy atom. The molecule has 2 aromatic carbocycles. The Hall–Kier alpha value is -3.01. The highest BCUT2D eigenvalue weighted by Gasteiger charge is 2.25. The van der Waals surface area contributed by atoms with Gasteiger partial charge in [-0.1, -0.05) is 18.2 Å². The number of hydrogen-bond acceptors (Lipinski definition) is 2. The first kappa shape index (κ1) is 18.8. The molecule has 0 aliphatic carbocycles. The predicted molar refractivity (Wildman–Crippen MR) is 93.8 cm³/mol. The molecule has 3 aromatic rings. The molecule has 27 heavy (non-hydrogen) atoms. The summed E-state index contributed by atoms with van der Waals surface area (Å²) in [5, 5.41) is 9.82. The van der Waals surface area contributed by atoms with Gasteiger partial charge in [0.15, 0.2) is 34.2 Å². The third-order valence-electron chi connectivity index (χ3n) is 3.53. The van der Waals surface area contributed by atoms with E-state index in [1.807, 2.05) is 18.2 Å². The summed E-state index contributed by atoms with van der Waals surface area (Å²) < 4.78 is 68.1. The van der Waals surface area contributed by atoms with E-state index in [0.717, 1.165) is 10.4 Å². The van der Waals surface area contributed by atoms with Crippen molar-refractivity contribution in [1.29, 1.82) is 0 Å². The third-order valence-corrected chi connectivity index (χ3v) is 3.74. The fourth-order valence-electron chi connectivity index (χ4n) is 2.27. The lowest BCUT2D eigenvalue weighted by molar-refractivity contribution is 0.367. The van der Waals surface area contributed by atoms with Crippen LogP contribution in [0.5, 0.6) is 0 Å². The van der Waals surface area contributed by atoms with Gasteiger partial charge in [-0.25, -0.2) is 22.0 Å². The number of anilines is 2. The van der Waals surface area contributed by atoms with Crippen LogP contribution in [0.4, 0.5) is 33.5 Å². The molecule has 0 unspecified atom stereocenters. The molecule has 3 rings (SSSR count). The zero-order valence-corrected chi connectivity index (χ0v) is 14.3. The van der Waals surface area contributed by atoms with Gasteiger partial charge in [0.1, 0.15) is 0 Å². The highest BCUT2D eigenvalue weighted by molar-refractivity contribution is 7.80. The minimum atomic E-state index is -2.20. The molecule has 0 aliphatic heterocycles. The maximum Gasteiger partial charge on any atom is 0.200 e. The van der Waals surface area contributed by atoms with Crippen LogP contribution >= 0.6 is 12.2 Å². The SMILES string of the molecule is Fc1c(F)c(F)c(Cn2ccc(NC(=S)Nc3ccccc3)n2)c(F)c1F. The normalized spacial score (nSPS) is 10.7. The average Bonchev–Trinajstić information content (AvgIpc) is 3.09. The second-order valence-electron chi connectivity index (χ2n) is 5.39. The molecule has 1 heterocycles. The fourth-order valence-corrected chi connectivity index (χ4v) is 2.49. The second kappa shape index (κ2) is 7.70. The van der Waals surface area contributed by atoms with Crippen LogP contribution in [0.1, 0.15) is 5.56 Å². The summed E-state index contributed by atoms with van der Waals surface area (Å²) in [6.07, 6.45) is 1.31. The Morgan fingerprint density at radius 1 is 0.852 bits per heavy atom. The molecule has 4 nitrogen and oxygen atoms in total. The van der Waals surface area contributed by atoms with E-state index in [2.05, 4.69) is 15.7 Å². The topological polar surface area (TPSA) is 41.9 Å². The molecule has 0 spiro atoms. The molecule has 0 fully saturated rings. The molecule has 140 valence electrons. The lowest BCUT2D eigenvalue weighted by atomic mass is 10.1. The van der Waals surface area contributed by atoms with Crippen LogP contribution in [-0.2, 0) is 6.54 Å². The van der Waals surface area contributed by atoms with E-state index >= 15 is 0 Å². The Bertz CT molecular complexity index is 961.